The Hall–Kier alpha value is -4.68. The quantitative estimate of drug-likeness (QED) is 0.308. The minimum atomic E-state index is -0.834. The van der Waals surface area contributed by atoms with E-state index < -0.39 is 17.4 Å². The fraction of sp³-hybridized carbons (Fsp3) is 0.412. The third-order valence-electron chi connectivity index (χ3n) is 9.33. The summed E-state index contributed by atoms with van der Waals surface area (Å²) < 4.78 is 11.5. The van der Waals surface area contributed by atoms with Gasteiger partial charge in [-0.2, -0.15) is 5.10 Å². The maximum absolute atomic E-state index is 13.8. The Morgan fingerprint density at radius 2 is 1.83 bits per heavy atom. The van der Waals surface area contributed by atoms with Crippen LogP contribution in [0, 0.1) is 6.92 Å². The molecule has 12 nitrogen and oxygen atoms in total. The SMILES string of the molecule is Cc1cc(C[C@H]2NC(=O)c3cnc4c(c3)C[C@@]3(C4)C(=O)Nc4ncc(cc43)CCCOCCOCCN(C)C2=O)cc2cn[nH]c12. The standard InChI is InChI=1S/C34H37N7O5/c1-20-10-22(11-24-19-37-40-29(20)24)13-27-32(43)41(2)5-7-46-9-8-45-6-3-4-21-12-26-30(36-17-21)39-33(44)34(26)15-23-14-25(31(42)38-27)18-35-28(23)16-34/h10-12,14,17-19,27H,3-9,13,15-16H2,1-2H3,(H,37,40)(H,38,42)(H,36,39,44)/t27-,34+/m1/s1. The zero-order valence-electron chi connectivity index (χ0n) is 26.0. The molecule has 3 amide bonds. The van der Waals surface area contributed by atoms with E-state index in [0.29, 0.717) is 63.6 Å². The molecule has 238 valence electrons. The predicted molar refractivity (Wildman–Crippen MR) is 170 cm³/mol. The molecule has 3 aliphatic rings. The van der Waals surface area contributed by atoms with Crippen molar-refractivity contribution in [3.63, 3.8) is 0 Å². The molecule has 4 aromatic rings. The van der Waals surface area contributed by atoms with Crippen LogP contribution in [0.15, 0.2) is 42.9 Å². The summed E-state index contributed by atoms with van der Waals surface area (Å²) >= 11 is 0. The van der Waals surface area contributed by atoms with E-state index >= 15 is 0 Å². The monoisotopic (exact) mass is 623 g/mol. The number of hydrogen-bond acceptors (Lipinski definition) is 8. The zero-order chi connectivity index (χ0) is 31.8. The second-order valence-electron chi connectivity index (χ2n) is 12.5. The lowest BCUT2D eigenvalue weighted by molar-refractivity contribution is -0.132. The van der Waals surface area contributed by atoms with Gasteiger partial charge >= 0.3 is 0 Å². The van der Waals surface area contributed by atoms with E-state index in [1.807, 2.05) is 25.3 Å². The van der Waals surface area contributed by atoms with E-state index in [9.17, 15) is 14.4 Å². The largest absolute Gasteiger partial charge is 0.379 e. The van der Waals surface area contributed by atoms with Crippen LogP contribution in [-0.2, 0) is 50.2 Å². The average Bonchev–Trinajstić information content (AvgIpc) is 3.75. The predicted octanol–water partition coefficient (Wildman–Crippen LogP) is 2.43. The molecule has 3 N–H and O–H groups in total. The number of nitrogens with zero attached hydrogens (tertiary/aromatic N) is 4. The molecule has 2 atom stereocenters. The van der Waals surface area contributed by atoms with Crippen LogP contribution in [0.5, 0.6) is 0 Å². The minimum Gasteiger partial charge on any atom is -0.379 e. The molecule has 0 unspecified atom stereocenters. The second-order valence-corrected chi connectivity index (χ2v) is 12.5. The number of pyridine rings is 2. The highest BCUT2D eigenvalue weighted by Crippen LogP contribution is 2.46. The number of amides is 3. The number of carbonyl (C=O) groups excluding carboxylic acids is 3. The normalized spacial score (nSPS) is 22.4. The van der Waals surface area contributed by atoms with Gasteiger partial charge in [0.25, 0.3) is 5.91 Å². The van der Waals surface area contributed by atoms with Crippen molar-refractivity contribution in [2.75, 3.05) is 45.3 Å². The maximum atomic E-state index is 13.8. The molecule has 5 bridgehead atoms. The minimum absolute atomic E-state index is 0.104. The first-order chi connectivity index (χ1) is 22.3. The Balaban J connectivity index is 1.19. The Kier molecular flexibility index (Phi) is 7.99. The summed E-state index contributed by atoms with van der Waals surface area (Å²) in [5.74, 6) is -0.153. The number of carbonyl (C=O) groups is 3. The fourth-order valence-corrected chi connectivity index (χ4v) is 6.84. The highest BCUT2D eigenvalue weighted by Gasteiger charge is 2.52. The van der Waals surface area contributed by atoms with Gasteiger partial charge in [-0.05, 0) is 66.6 Å². The molecular weight excluding hydrogens is 586 g/mol. The molecule has 0 radical (unpaired) electrons. The summed E-state index contributed by atoms with van der Waals surface area (Å²) in [4.78, 5) is 51.8. The van der Waals surface area contributed by atoms with Crippen molar-refractivity contribution in [3.05, 3.63) is 81.9 Å². The molecular formula is C34H37N7O5. The van der Waals surface area contributed by atoms with Gasteiger partial charge in [0, 0.05) is 62.1 Å². The number of hydrogen-bond donors (Lipinski definition) is 3. The van der Waals surface area contributed by atoms with Crippen molar-refractivity contribution in [3.8, 4) is 0 Å². The van der Waals surface area contributed by atoms with Gasteiger partial charge in [-0.25, -0.2) is 4.98 Å². The molecule has 1 aromatic carbocycles. The Bertz CT molecular complexity index is 1840. The first-order valence-electron chi connectivity index (χ1n) is 15.7. The van der Waals surface area contributed by atoms with Gasteiger partial charge in [0.05, 0.1) is 42.5 Å². The van der Waals surface area contributed by atoms with Crippen LogP contribution in [0.25, 0.3) is 10.9 Å². The van der Waals surface area contributed by atoms with E-state index in [1.54, 1.807) is 24.2 Å². The number of rotatable bonds is 2. The lowest BCUT2D eigenvalue weighted by Crippen LogP contribution is -2.49. The van der Waals surface area contributed by atoms with Crippen molar-refractivity contribution in [1.29, 1.82) is 0 Å². The smallest absolute Gasteiger partial charge is 0.253 e. The summed E-state index contributed by atoms with van der Waals surface area (Å²) in [5.41, 5.74) is 5.90. The van der Waals surface area contributed by atoms with Crippen LogP contribution >= 0.6 is 0 Å². The van der Waals surface area contributed by atoms with Crippen LogP contribution in [0.2, 0.25) is 0 Å². The van der Waals surface area contributed by atoms with Gasteiger partial charge in [-0.15, -0.1) is 0 Å². The number of benzene rings is 1. The number of aromatic nitrogens is 4. The van der Waals surface area contributed by atoms with E-state index in [1.165, 1.54) is 6.20 Å². The second kappa shape index (κ2) is 12.3. The molecule has 2 aliphatic heterocycles. The van der Waals surface area contributed by atoms with E-state index in [4.69, 9.17) is 9.47 Å². The molecule has 0 fully saturated rings. The number of fused-ring (bicyclic) bond motifs is 3. The number of anilines is 1. The van der Waals surface area contributed by atoms with Gasteiger partial charge in [0.1, 0.15) is 11.9 Å². The molecule has 5 heterocycles. The topological polar surface area (TPSA) is 151 Å². The van der Waals surface area contributed by atoms with Crippen molar-refractivity contribution < 1.29 is 23.9 Å². The van der Waals surface area contributed by atoms with Crippen molar-refractivity contribution in [1.82, 2.24) is 30.4 Å². The molecule has 1 aliphatic carbocycles. The molecule has 46 heavy (non-hydrogen) atoms. The number of aromatic amines is 1. The Morgan fingerprint density at radius 3 is 2.70 bits per heavy atom. The van der Waals surface area contributed by atoms with Gasteiger partial charge in [-0.1, -0.05) is 6.07 Å². The highest BCUT2D eigenvalue weighted by molar-refractivity contribution is 6.06. The number of H-pyrrole nitrogens is 1. The number of likely N-dealkylation sites (N-methyl/N-ethyl adjacent to an activating group) is 1. The maximum Gasteiger partial charge on any atom is 0.253 e. The number of nitrogens with one attached hydrogen (secondary N) is 3. The van der Waals surface area contributed by atoms with Gasteiger partial charge < -0.3 is 25.0 Å². The first-order valence-corrected chi connectivity index (χ1v) is 15.7. The van der Waals surface area contributed by atoms with Crippen molar-refractivity contribution >= 4 is 34.4 Å². The molecule has 0 saturated carbocycles. The third-order valence-corrected chi connectivity index (χ3v) is 9.33. The summed E-state index contributed by atoms with van der Waals surface area (Å²) in [5, 5.41) is 14.0. The molecule has 3 aromatic heterocycles. The van der Waals surface area contributed by atoms with E-state index in [0.717, 1.165) is 57.3 Å². The lowest BCUT2D eigenvalue weighted by atomic mass is 9.79. The summed E-state index contributed by atoms with van der Waals surface area (Å²) in [6, 6.07) is 7.03. The van der Waals surface area contributed by atoms with E-state index in [-0.39, 0.29) is 11.8 Å². The summed E-state index contributed by atoms with van der Waals surface area (Å²) in [6.07, 6.45) is 7.81. The van der Waals surface area contributed by atoms with Crippen LogP contribution < -0.4 is 10.6 Å². The molecule has 0 saturated heterocycles. The zero-order valence-corrected chi connectivity index (χ0v) is 26.0. The summed E-state index contributed by atoms with van der Waals surface area (Å²) in [7, 11) is 1.71. The van der Waals surface area contributed by atoms with Gasteiger partial charge in [-0.3, -0.25) is 24.5 Å². The third kappa shape index (κ3) is 5.62. The lowest BCUT2D eigenvalue weighted by Gasteiger charge is -2.25. The van der Waals surface area contributed by atoms with Crippen LogP contribution in [0.1, 0.15) is 50.3 Å². The van der Waals surface area contributed by atoms with E-state index in [2.05, 4.69) is 36.9 Å². The van der Waals surface area contributed by atoms with Crippen molar-refractivity contribution in [2.24, 2.45) is 0 Å². The van der Waals surface area contributed by atoms with Crippen LogP contribution in [0.3, 0.4) is 0 Å². The number of ether oxygens (including phenoxy) is 2. The Morgan fingerprint density at radius 1 is 0.978 bits per heavy atom. The Labute approximate surface area is 266 Å². The first kappa shape index (κ1) is 30.0. The van der Waals surface area contributed by atoms with Crippen LogP contribution in [-0.4, -0.2) is 88.8 Å². The van der Waals surface area contributed by atoms with Gasteiger partial charge in [0.2, 0.25) is 11.8 Å². The van der Waals surface area contributed by atoms with Crippen LogP contribution in [0.4, 0.5) is 5.82 Å². The van der Waals surface area contributed by atoms with Gasteiger partial charge in [0.15, 0.2) is 0 Å². The number of aryl methyl sites for hydroxylation is 2. The fourth-order valence-electron chi connectivity index (χ4n) is 6.84. The molecule has 1 spiro atoms. The average molecular weight is 624 g/mol. The molecule has 12 heteroatoms. The highest BCUT2D eigenvalue weighted by atomic mass is 16.5. The summed E-state index contributed by atoms with van der Waals surface area (Å²) in [6.45, 7) is 4.12. The molecule has 7 rings (SSSR count). The van der Waals surface area contributed by atoms with Crippen molar-refractivity contribution in [2.45, 2.75) is 50.5 Å².